The number of hydrogen-bond donors (Lipinski definition) is 1. The molecule has 0 saturated carbocycles. The highest BCUT2D eigenvalue weighted by molar-refractivity contribution is 7.22. The molecule has 1 saturated heterocycles. The predicted molar refractivity (Wildman–Crippen MR) is 88.8 cm³/mol. The Labute approximate surface area is 139 Å². The Bertz CT molecular complexity index is 819. The van der Waals surface area contributed by atoms with Gasteiger partial charge in [-0.05, 0) is 6.07 Å². The van der Waals surface area contributed by atoms with Gasteiger partial charge in [0.1, 0.15) is 5.52 Å². The molecule has 1 aliphatic heterocycles. The second-order valence-electron chi connectivity index (χ2n) is 5.27. The van der Waals surface area contributed by atoms with Crippen LogP contribution >= 0.6 is 22.7 Å². The molecule has 23 heavy (non-hydrogen) atoms. The second kappa shape index (κ2) is 5.50. The highest BCUT2D eigenvalue weighted by Crippen LogP contribution is 2.35. The number of nitrogens with one attached hydrogen (secondary N) is 1. The highest BCUT2D eigenvalue weighted by atomic mass is 32.1. The van der Waals surface area contributed by atoms with Gasteiger partial charge in [-0.1, -0.05) is 11.3 Å². The standard InChI is InChI=1S/C14H12FN5OS2/c15-14(11(21)19-12-17-4-6-22-12)2-5-20(8-14)13-18-9-7-16-3-1-10(9)23-13/h1,3-4,6-7H,2,5,8H2,(H,17,19,21). The van der Waals surface area contributed by atoms with Crippen LogP contribution in [-0.2, 0) is 4.79 Å². The van der Waals surface area contributed by atoms with Gasteiger partial charge in [0.2, 0.25) is 5.67 Å². The molecule has 6 nitrogen and oxygen atoms in total. The van der Waals surface area contributed by atoms with Gasteiger partial charge in [0.25, 0.3) is 5.91 Å². The summed E-state index contributed by atoms with van der Waals surface area (Å²) < 4.78 is 16.0. The third-order valence-electron chi connectivity index (χ3n) is 3.73. The number of fused-ring (bicyclic) bond motifs is 1. The monoisotopic (exact) mass is 349 g/mol. The largest absolute Gasteiger partial charge is 0.344 e. The van der Waals surface area contributed by atoms with E-state index in [-0.39, 0.29) is 13.0 Å². The Kier molecular flexibility index (Phi) is 3.46. The predicted octanol–water partition coefficient (Wildman–Crippen LogP) is 2.70. The van der Waals surface area contributed by atoms with Crippen LogP contribution in [0.4, 0.5) is 14.7 Å². The normalized spacial score (nSPS) is 21.0. The minimum absolute atomic E-state index is 0.00252. The van der Waals surface area contributed by atoms with Gasteiger partial charge in [-0.15, -0.1) is 11.3 Å². The Morgan fingerprint density at radius 2 is 2.35 bits per heavy atom. The number of carbonyl (C=O) groups excluding carboxylic acids is 1. The van der Waals surface area contributed by atoms with Gasteiger partial charge in [0, 0.05) is 30.7 Å². The Morgan fingerprint density at radius 3 is 3.13 bits per heavy atom. The van der Waals surface area contributed by atoms with Crippen LogP contribution in [0.5, 0.6) is 0 Å². The fourth-order valence-corrected chi connectivity index (χ4v) is 4.00. The molecule has 0 aliphatic carbocycles. The lowest BCUT2D eigenvalue weighted by atomic mass is 10.1. The van der Waals surface area contributed by atoms with Crippen LogP contribution in [0.1, 0.15) is 6.42 Å². The SMILES string of the molecule is O=C(Nc1nccs1)C1(F)CCN(c2nc3cnccc3s2)C1. The molecule has 0 bridgehead atoms. The fourth-order valence-electron chi connectivity index (χ4n) is 2.52. The van der Waals surface area contributed by atoms with Gasteiger partial charge in [-0.2, -0.15) is 0 Å². The van der Waals surface area contributed by atoms with Crippen LogP contribution in [0.25, 0.3) is 10.2 Å². The summed E-state index contributed by atoms with van der Waals surface area (Å²) in [5.74, 6) is -0.641. The first-order valence-electron chi connectivity index (χ1n) is 6.99. The maximum Gasteiger partial charge on any atom is 0.265 e. The van der Waals surface area contributed by atoms with E-state index in [4.69, 9.17) is 0 Å². The number of amides is 1. The van der Waals surface area contributed by atoms with Gasteiger partial charge < -0.3 is 4.90 Å². The molecule has 3 aromatic heterocycles. The van der Waals surface area contributed by atoms with Gasteiger partial charge in [-0.3, -0.25) is 15.1 Å². The first kappa shape index (κ1) is 14.5. The number of aromatic nitrogens is 3. The van der Waals surface area contributed by atoms with Crippen molar-refractivity contribution in [2.45, 2.75) is 12.1 Å². The maximum absolute atomic E-state index is 15.0. The van der Waals surface area contributed by atoms with Crippen LogP contribution in [0.15, 0.2) is 30.0 Å². The van der Waals surface area contributed by atoms with Crippen molar-refractivity contribution in [3.8, 4) is 0 Å². The van der Waals surface area contributed by atoms with Crippen LogP contribution < -0.4 is 10.2 Å². The molecule has 3 aromatic rings. The van der Waals surface area contributed by atoms with Crippen molar-refractivity contribution in [2.24, 2.45) is 0 Å². The molecule has 0 spiro atoms. The van der Waals surface area contributed by atoms with E-state index < -0.39 is 11.6 Å². The number of nitrogens with zero attached hydrogens (tertiary/aromatic N) is 4. The van der Waals surface area contributed by atoms with E-state index in [0.29, 0.717) is 11.7 Å². The average Bonchev–Trinajstić information content (AvgIpc) is 3.25. The lowest BCUT2D eigenvalue weighted by molar-refractivity contribution is -0.126. The lowest BCUT2D eigenvalue weighted by Crippen LogP contribution is -2.41. The van der Waals surface area contributed by atoms with Crippen LogP contribution in [0.3, 0.4) is 0 Å². The zero-order valence-electron chi connectivity index (χ0n) is 11.9. The minimum Gasteiger partial charge on any atom is -0.344 e. The van der Waals surface area contributed by atoms with Crippen molar-refractivity contribution < 1.29 is 9.18 Å². The molecule has 118 valence electrons. The number of anilines is 2. The Hall–Kier alpha value is -2.13. The summed E-state index contributed by atoms with van der Waals surface area (Å²) in [5, 5.41) is 5.41. The average molecular weight is 349 g/mol. The van der Waals surface area contributed by atoms with Crippen molar-refractivity contribution in [1.29, 1.82) is 0 Å². The number of carbonyl (C=O) groups is 1. The van der Waals surface area contributed by atoms with Crippen molar-refractivity contribution in [2.75, 3.05) is 23.3 Å². The molecule has 0 aromatic carbocycles. The molecular weight excluding hydrogens is 337 g/mol. The quantitative estimate of drug-likeness (QED) is 0.787. The summed E-state index contributed by atoms with van der Waals surface area (Å²) in [6.07, 6.45) is 5.10. The van der Waals surface area contributed by atoms with E-state index in [1.165, 1.54) is 22.7 Å². The summed E-state index contributed by atoms with van der Waals surface area (Å²) >= 11 is 2.75. The van der Waals surface area contributed by atoms with E-state index in [1.807, 2.05) is 11.0 Å². The Balaban J connectivity index is 1.52. The lowest BCUT2D eigenvalue weighted by Gasteiger charge is -2.19. The van der Waals surface area contributed by atoms with Gasteiger partial charge in [0.15, 0.2) is 10.3 Å². The topological polar surface area (TPSA) is 71.0 Å². The molecule has 4 heterocycles. The van der Waals surface area contributed by atoms with E-state index in [2.05, 4.69) is 20.3 Å². The van der Waals surface area contributed by atoms with Crippen LogP contribution in [-0.4, -0.2) is 39.6 Å². The zero-order chi connectivity index (χ0) is 15.9. The zero-order valence-corrected chi connectivity index (χ0v) is 13.5. The minimum atomic E-state index is -1.93. The second-order valence-corrected chi connectivity index (χ2v) is 7.17. The molecule has 1 atom stereocenters. The molecule has 1 aliphatic rings. The third kappa shape index (κ3) is 2.66. The molecule has 9 heteroatoms. The summed E-state index contributed by atoms with van der Waals surface area (Å²) in [4.78, 5) is 26.5. The van der Waals surface area contributed by atoms with E-state index in [0.717, 1.165) is 15.3 Å². The van der Waals surface area contributed by atoms with Crippen molar-refractivity contribution in [1.82, 2.24) is 15.0 Å². The number of thiazole rings is 2. The summed E-state index contributed by atoms with van der Waals surface area (Å²) in [6.45, 7) is 0.451. The van der Waals surface area contributed by atoms with E-state index in [1.54, 1.807) is 24.0 Å². The summed E-state index contributed by atoms with van der Waals surface area (Å²) in [5.41, 5.74) is -1.14. The number of pyridine rings is 1. The number of alkyl halides is 1. The number of halogens is 1. The van der Waals surface area contributed by atoms with Gasteiger partial charge >= 0.3 is 0 Å². The first-order valence-corrected chi connectivity index (χ1v) is 8.69. The smallest absolute Gasteiger partial charge is 0.265 e. The first-order chi connectivity index (χ1) is 11.1. The molecular formula is C14H12FN5OS2. The summed E-state index contributed by atoms with van der Waals surface area (Å²) in [6, 6.07) is 1.88. The maximum atomic E-state index is 15.0. The van der Waals surface area contributed by atoms with Crippen molar-refractivity contribution in [3.63, 3.8) is 0 Å². The van der Waals surface area contributed by atoms with E-state index >= 15 is 0 Å². The van der Waals surface area contributed by atoms with Crippen molar-refractivity contribution in [3.05, 3.63) is 30.0 Å². The fraction of sp³-hybridized carbons (Fsp3) is 0.286. The molecule has 1 N–H and O–H groups in total. The van der Waals surface area contributed by atoms with Gasteiger partial charge in [-0.25, -0.2) is 14.4 Å². The van der Waals surface area contributed by atoms with E-state index in [9.17, 15) is 9.18 Å². The third-order valence-corrected chi connectivity index (χ3v) is 5.51. The summed E-state index contributed by atoms with van der Waals surface area (Å²) in [7, 11) is 0. The van der Waals surface area contributed by atoms with Crippen molar-refractivity contribution >= 4 is 49.1 Å². The molecule has 0 radical (unpaired) electrons. The molecule has 1 unspecified atom stereocenters. The molecule has 1 fully saturated rings. The van der Waals surface area contributed by atoms with Crippen LogP contribution in [0.2, 0.25) is 0 Å². The molecule has 1 amide bonds. The van der Waals surface area contributed by atoms with Gasteiger partial charge in [0.05, 0.1) is 17.4 Å². The molecule has 4 rings (SSSR count). The Morgan fingerprint density at radius 1 is 1.43 bits per heavy atom. The highest BCUT2D eigenvalue weighted by Gasteiger charge is 2.46. The number of rotatable bonds is 3. The number of hydrogen-bond acceptors (Lipinski definition) is 7. The van der Waals surface area contributed by atoms with Crippen LogP contribution in [0, 0.1) is 0 Å².